The number of rotatable bonds is 4. The third-order valence-corrected chi connectivity index (χ3v) is 2.67. The topological polar surface area (TPSA) is 15.3 Å². The summed E-state index contributed by atoms with van der Waals surface area (Å²) in [6.45, 7) is -0.710. The van der Waals surface area contributed by atoms with Gasteiger partial charge in [-0.25, -0.2) is 0 Å². The molecule has 0 spiro atoms. The van der Waals surface area contributed by atoms with Crippen LogP contribution in [0.5, 0.6) is 0 Å². The molecule has 6 heteroatoms. The molecule has 0 aliphatic carbocycles. The van der Waals surface area contributed by atoms with Crippen molar-refractivity contribution in [3.05, 3.63) is 0 Å². The quantitative estimate of drug-likeness (QED) is 0.705. The predicted molar refractivity (Wildman–Crippen MR) is 52.2 cm³/mol. The van der Waals surface area contributed by atoms with Crippen LogP contribution in [0, 0.1) is 0 Å². The molecule has 0 atom stereocenters. The molecule has 0 saturated carbocycles. The lowest BCUT2D eigenvalue weighted by atomic mass is 9.89. The van der Waals surface area contributed by atoms with E-state index in [2.05, 4.69) is 5.32 Å². The summed E-state index contributed by atoms with van der Waals surface area (Å²) in [7, 11) is 0. The Kier molecular flexibility index (Phi) is 4.25. The highest BCUT2D eigenvalue weighted by molar-refractivity contribution is 6.58. The molecule has 0 aromatic rings. The Labute approximate surface area is 82.9 Å². The molecule has 1 heterocycles. The molecule has 0 aromatic heterocycles. The molecule has 1 aliphatic rings. The zero-order valence-electron chi connectivity index (χ0n) is 8.48. The minimum Gasteiger partial charge on any atom is -0.448 e. The summed E-state index contributed by atoms with van der Waals surface area (Å²) in [5.74, 6) is 0. The first-order valence-corrected chi connectivity index (χ1v) is 5.18. The van der Waals surface area contributed by atoms with Crippen molar-refractivity contribution in [1.29, 1.82) is 0 Å². The second-order valence-corrected chi connectivity index (χ2v) is 3.78. The van der Waals surface area contributed by atoms with Crippen molar-refractivity contribution >= 4 is 6.98 Å². The number of halogens is 3. The zero-order chi connectivity index (χ0) is 10.6. The van der Waals surface area contributed by atoms with Crippen molar-refractivity contribution in [3.8, 4) is 0 Å². The normalized spacial score (nSPS) is 20.4. The maximum absolute atomic E-state index is 12.3. The van der Waals surface area contributed by atoms with E-state index in [1.807, 2.05) is 0 Å². The van der Waals surface area contributed by atoms with Crippen LogP contribution in [0.25, 0.3) is 0 Å². The van der Waals surface area contributed by atoms with Crippen LogP contribution >= 0.6 is 0 Å². The molecule has 1 fully saturated rings. The minimum atomic E-state index is -4.68. The maximum Gasteiger partial charge on any atom is 0.492 e. The molecule has 1 rings (SSSR count). The average Bonchev–Trinajstić information content (AvgIpc) is 2.14. The molecule has 0 unspecified atom stereocenters. The molecule has 0 amide bonds. The van der Waals surface area contributed by atoms with Crippen LogP contribution < -0.4 is 5.32 Å². The number of piperidine rings is 1. The number of hydrogen-bond donors (Lipinski definition) is 1. The van der Waals surface area contributed by atoms with E-state index in [9.17, 15) is 12.9 Å². The Morgan fingerprint density at radius 2 is 1.86 bits per heavy atom. The molecule has 0 bridgehead atoms. The van der Waals surface area contributed by atoms with Crippen molar-refractivity contribution in [2.24, 2.45) is 0 Å². The molecule has 1 N–H and O–H groups in total. The fourth-order valence-electron chi connectivity index (χ4n) is 1.97. The summed E-state index contributed by atoms with van der Waals surface area (Å²) >= 11 is 0. The van der Waals surface area contributed by atoms with Crippen molar-refractivity contribution in [2.45, 2.75) is 25.8 Å². The van der Waals surface area contributed by atoms with Gasteiger partial charge >= 0.3 is 6.98 Å². The van der Waals surface area contributed by atoms with Crippen molar-refractivity contribution in [3.63, 3.8) is 0 Å². The monoisotopic (exact) mass is 209 g/mol. The Balaban J connectivity index is 2.43. The van der Waals surface area contributed by atoms with Gasteiger partial charge in [0.05, 0.1) is 0 Å². The van der Waals surface area contributed by atoms with Gasteiger partial charge < -0.3 is 23.2 Å². The lowest BCUT2D eigenvalue weighted by molar-refractivity contribution is 0.179. The highest BCUT2D eigenvalue weighted by Crippen LogP contribution is 2.17. The van der Waals surface area contributed by atoms with Gasteiger partial charge in [-0.1, -0.05) is 6.92 Å². The van der Waals surface area contributed by atoms with Gasteiger partial charge in [0.2, 0.25) is 0 Å². The molecule has 1 saturated heterocycles. The van der Waals surface area contributed by atoms with Gasteiger partial charge in [0.25, 0.3) is 0 Å². The van der Waals surface area contributed by atoms with Gasteiger partial charge in [-0.15, -0.1) is 0 Å². The van der Waals surface area contributed by atoms with E-state index in [0.717, 1.165) is 25.9 Å². The van der Waals surface area contributed by atoms with Crippen LogP contribution in [0.4, 0.5) is 12.9 Å². The number of nitrogens with one attached hydrogen (secondary N) is 1. The van der Waals surface area contributed by atoms with E-state index in [-0.39, 0.29) is 6.04 Å². The first-order chi connectivity index (χ1) is 6.53. The minimum absolute atomic E-state index is 0.116. The Morgan fingerprint density at radius 1 is 1.29 bits per heavy atom. The fraction of sp³-hybridized carbons (Fsp3) is 1.00. The Bertz CT molecular complexity index is 168. The molecule has 0 radical (unpaired) electrons. The smallest absolute Gasteiger partial charge is 0.448 e. The molecular weight excluding hydrogens is 192 g/mol. The number of hydrogen-bond acceptors (Lipinski definition) is 2. The summed E-state index contributed by atoms with van der Waals surface area (Å²) in [4.78, 5) is 1.56. The van der Waals surface area contributed by atoms with Gasteiger partial charge in [-0.05, 0) is 38.9 Å². The maximum atomic E-state index is 12.3. The summed E-state index contributed by atoms with van der Waals surface area (Å²) < 4.78 is 36.8. The van der Waals surface area contributed by atoms with Crippen LogP contribution in [-0.2, 0) is 0 Å². The van der Waals surface area contributed by atoms with E-state index >= 15 is 0 Å². The van der Waals surface area contributed by atoms with E-state index in [1.54, 1.807) is 11.8 Å². The lowest BCUT2D eigenvalue weighted by Crippen LogP contribution is -2.48. The summed E-state index contributed by atoms with van der Waals surface area (Å²) in [6.07, 6.45) is 0.959. The highest BCUT2D eigenvalue weighted by atomic mass is 19.4. The van der Waals surface area contributed by atoms with Crippen LogP contribution in [0.2, 0.25) is 0 Å². The SMILES string of the molecule is CCN(C[B-](F)(F)F)C1CCNCC1. The van der Waals surface area contributed by atoms with Crippen molar-refractivity contribution < 1.29 is 12.9 Å². The second kappa shape index (κ2) is 5.02. The van der Waals surface area contributed by atoms with Crippen LogP contribution in [0.3, 0.4) is 0 Å². The van der Waals surface area contributed by atoms with E-state index in [4.69, 9.17) is 0 Å². The molecule has 14 heavy (non-hydrogen) atoms. The van der Waals surface area contributed by atoms with Crippen LogP contribution in [-0.4, -0.2) is 44.0 Å². The van der Waals surface area contributed by atoms with Gasteiger partial charge in [-0.2, -0.15) is 0 Å². The second-order valence-electron chi connectivity index (χ2n) is 3.78. The largest absolute Gasteiger partial charge is 0.492 e. The number of nitrogens with zero attached hydrogens (tertiary/aromatic N) is 1. The van der Waals surface area contributed by atoms with E-state index in [1.165, 1.54) is 0 Å². The first kappa shape index (κ1) is 11.8. The summed E-state index contributed by atoms with van der Waals surface area (Å²) in [6, 6.07) is 0.116. The molecule has 84 valence electrons. The average molecular weight is 209 g/mol. The van der Waals surface area contributed by atoms with Crippen LogP contribution in [0.1, 0.15) is 19.8 Å². The molecule has 1 aliphatic heterocycles. The third-order valence-electron chi connectivity index (χ3n) is 2.67. The summed E-state index contributed by atoms with van der Waals surface area (Å²) in [5, 5.41) is 3.15. The van der Waals surface area contributed by atoms with Gasteiger partial charge in [0, 0.05) is 6.04 Å². The van der Waals surface area contributed by atoms with Gasteiger partial charge in [0.15, 0.2) is 0 Å². The lowest BCUT2D eigenvalue weighted by Gasteiger charge is -2.36. The van der Waals surface area contributed by atoms with E-state index in [0.29, 0.717) is 6.54 Å². The van der Waals surface area contributed by atoms with Crippen molar-refractivity contribution in [1.82, 2.24) is 10.2 Å². The Morgan fingerprint density at radius 3 is 2.29 bits per heavy atom. The van der Waals surface area contributed by atoms with Crippen LogP contribution in [0.15, 0.2) is 0 Å². The molecule has 0 aromatic carbocycles. The van der Waals surface area contributed by atoms with Gasteiger partial charge in [-0.3, -0.25) is 0 Å². The zero-order valence-corrected chi connectivity index (χ0v) is 8.48. The molecular formula is C8H17BF3N2-. The fourth-order valence-corrected chi connectivity index (χ4v) is 1.97. The highest BCUT2D eigenvalue weighted by Gasteiger charge is 2.29. The third kappa shape index (κ3) is 3.88. The van der Waals surface area contributed by atoms with E-state index < -0.39 is 13.4 Å². The standard InChI is InChI=1S/C8H17BF3N2/c1-2-14(7-9(10,11)12)8-3-5-13-6-4-8/h8,13H,2-7H2,1H3/q-1. The molecule has 2 nitrogen and oxygen atoms in total. The van der Waals surface area contributed by atoms with Gasteiger partial charge in [0.1, 0.15) is 0 Å². The predicted octanol–water partition coefficient (Wildman–Crippen LogP) is 1.45. The Hall–Kier alpha value is -0.225. The van der Waals surface area contributed by atoms with Crippen molar-refractivity contribution in [2.75, 3.05) is 26.1 Å². The summed E-state index contributed by atoms with van der Waals surface area (Å²) in [5.41, 5.74) is 0. The first-order valence-electron chi connectivity index (χ1n) is 5.18.